The average molecular weight is 334 g/mol. The van der Waals surface area contributed by atoms with Gasteiger partial charge in [0.1, 0.15) is 11.6 Å². The van der Waals surface area contributed by atoms with Crippen LogP contribution in [0.4, 0.5) is 4.39 Å². The summed E-state index contributed by atoms with van der Waals surface area (Å²) in [5.74, 6) is 0.827. The molecule has 2 fully saturated rings. The van der Waals surface area contributed by atoms with Crippen molar-refractivity contribution in [3.8, 4) is 5.75 Å². The van der Waals surface area contributed by atoms with Gasteiger partial charge in [0.05, 0.1) is 17.8 Å². The Kier molecular flexibility index (Phi) is 4.94. The lowest BCUT2D eigenvalue weighted by Crippen LogP contribution is -2.41. The van der Waals surface area contributed by atoms with E-state index in [9.17, 15) is 4.39 Å². The molecule has 0 N–H and O–H groups in total. The lowest BCUT2D eigenvalue weighted by Gasteiger charge is -2.32. The highest BCUT2D eigenvalue weighted by atomic mass is 19.1. The molecule has 24 heavy (non-hydrogen) atoms. The Balaban J connectivity index is 1.70. The molecule has 0 amide bonds. The van der Waals surface area contributed by atoms with Crippen LogP contribution in [0.3, 0.4) is 0 Å². The van der Waals surface area contributed by atoms with Gasteiger partial charge in [-0.15, -0.1) is 0 Å². The molecule has 1 heterocycles. The topological polar surface area (TPSA) is 27.7 Å². The van der Waals surface area contributed by atoms with Crippen molar-refractivity contribution >= 4 is 12.6 Å². The van der Waals surface area contributed by atoms with Gasteiger partial charge in [-0.1, -0.05) is 19.3 Å². The summed E-state index contributed by atoms with van der Waals surface area (Å²) in [4.78, 5) is 0. The lowest BCUT2D eigenvalue weighted by molar-refractivity contribution is 0.00578. The molecule has 0 spiro atoms. The van der Waals surface area contributed by atoms with Gasteiger partial charge < -0.3 is 14.0 Å². The molecule has 3 rings (SSSR count). The monoisotopic (exact) mass is 334 g/mol. The van der Waals surface area contributed by atoms with Crippen LogP contribution >= 0.6 is 0 Å². The fourth-order valence-electron chi connectivity index (χ4n) is 3.35. The maximum Gasteiger partial charge on any atom is 0.495 e. The highest BCUT2D eigenvalue weighted by Crippen LogP contribution is 2.36. The predicted octanol–water partition coefficient (Wildman–Crippen LogP) is 4.08. The van der Waals surface area contributed by atoms with Crippen LogP contribution in [-0.2, 0) is 9.31 Å². The average Bonchev–Trinajstić information content (AvgIpc) is 2.74. The predicted molar refractivity (Wildman–Crippen MR) is 94.2 cm³/mol. The zero-order valence-corrected chi connectivity index (χ0v) is 15.2. The van der Waals surface area contributed by atoms with Gasteiger partial charge in [-0.3, -0.25) is 0 Å². The number of hydrogen-bond acceptors (Lipinski definition) is 3. The molecule has 1 aromatic carbocycles. The highest BCUT2D eigenvalue weighted by molar-refractivity contribution is 6.62. The van der Waals surface area contributed by atoms with E-state index >= 15 is 0 Å². The number of hydrogen-bond donors (Lipinski definition) is 0. The molecule has 0 atom stereocenters. The van der Waals surface area contributed by atoms with Crippen LogP contribution < -0.4 is 10.2 Å². The molecule has 1 aliphatic heterocycles. The Morgan fingerprint density at radius 2 is 1.67 bits per heavy atom. The first-order valence-electron chi connectivity index (χ1n) is 9.06. The van der Waals surface area contributed by atoms with Crippen LogP contribution in [-0.4, -0.2) is 24.9 Å². The zero-order valence-electron chi connectivity index (χ0n) is 15.2. The normalized spacial score (nSPS) is 23.5. The van der Waals surface area contributed by atoms with Gasteiger partial charge in [0, 0.05) is 6.07 Å². The van der Waals surface area contributed by atoms with Crippen LogP contribution in [0.5, 0.6) is 5.75 Å². The van der Waals surface area contributed by atoms with Gasteiger partial charge in [0.2, 0.25) is 0 Å². The summed E-state index contributed by atoms with van der Waals surface area (Å²) in [6.07, 6.45) is 6.29. The van der Waals surface area contributed by atoms with E-state index in [1.165, 1.54) is 44.2 Å². The molecule has 0 radical (unpaired) electrons. The summed E-state index contributed by atoms with van der Waals surface area (Å²) >= 11 is 0. The molecule has 1 saturated heterocycles. The summed E-state index contributed by atoms with van der Waals surface area (Å²) < 4.78 is 31.9. The van der Waals surface area contributed by atoms with Crippen LogP contribution in [0.25, 0.3) is 0 Å². The molecule has 132 valence electrons. The maximum atomic E-state index is 14.0. The minimum Gasteiger partial charge on any atom is -0.493 e. The summed E-state index contributed by atoms with van der Waals surface area (Å²) in [6, 6.07) is 4.75. The maximum absolute atomic E-state index is 14.0. The molecule has 0 aromatic heterocycles. The van der Waals surface area contributed by atoms with E-state index < -0.39 is 18.3 Å². The van der Waals surface area contributed by atoms with Crippen LogP contribution in [0.1, 0.15) is 59.8 Å². The van der Waals surface area contributed by atoms with Gasteiger partial charge in [0.25, 0.3) is 0 Å². The number of benzene rings is 1. The molecular weight excluding hydrogens is 306 g/mol. The molecule has 0 bridgehead atoms. The Hall–Kier alpha value is -1.07. The molecule has 5 heteroatoms. The number of ether oxygens (including phenoxy) is 1. The first kappa shape index (κ1) is 17.7. The molecule has 1 aliphatic carbocycles. The lowest BCUT2D eigenvalue weighted by atomic mass is 9.79. The van der Waals surface area contributed by atoms with Gasteiger partial charge in [-0.2, -0.15) is 0 Å². The third-order valence-electron chi connectivity index (χ3n) is 5.63. The molecule has 2 aliphatic rings. The molecule has 0 unspecified atom stereocenters. The first-order valence-corrected chi connectivity index (χ1v) is 9.06. The van der Waals surface area contributed by atoms with Crippen molar-refractivity contribution in [2.75, 3.05) is 6.61 Å². The van der Waals surface area contributed by atoms with Crippen molar-refractivity contribution < 1.29 is 18.4 Å². The Morgan fingerprint density at radius 1 is 1.04 bits per heavy atom. The summed E-state index contributed by atoms with van der Waals surface area (Å²) in [6.45, 7) is 8.63. The van der Waals surface area contributed by atoms with E-state index in [4.69, 9.17) is 14.0 Å². The van der Waals surface area contributed by atoms with Gasteiger partial charge in [0.15, 0.2) is 0 Å². The minimum absolute atomic E-state index is 0.319. The van der Waals surface area contributed by atoms with E-state index in [1.807, 2.05) is 33.8 Å². The van der Waals surface area contributed by atoms with Gasteiger partial charge in [-0.05, 0) is 64.1 Å². The third kappa shape index (κ3) is 3.78. The highest BCUT2D eigenvalue weighted by Gasteiger charge is 2.51. The van der Waals surface area contributed by atoms with Crippen molar-refractivity contribution in [2.24, 2.45) is 5.92 Å². The van der Waals surface area contributed by atoms with E-state index in [1.54, 1.807) is 0 Å². The van der Waals surface area contributed by atoms with Crippen LogP contribution in [0.15, 0.2) is 18.2 Å². The quantitative estimate of drug-likeness (QED) is 0.777. The fraction of sp³-hybridized carbons (Fsp3) is 0.684. The Labute approximate surface area is 145 Å². The van der Waals surface area contributed by atoms with E-state index in [0.29, 0.717) is 23.7 Å². The molecular formula is C19H28BFO3. The van der Waals surface area contributed by atoms with E-state index in [2.05, 4.69) is 0 Å². The second kappa shape index (κ2) is 6.68. The zero-order chi connectivity index (χ0) is 17.4. The summed E-state index contributed by atoms with van der Waals surface area (Å²) in [5.41, 5.74) is -0.201. The van der Waals surface area contributed by atoms with E-state index in [0.717, 1.165) is 0 Å². The smallest absolute Gasteiger partial charge is 0.493 e. The van der Waals surface area contributed by atoms with Gasteiger partial charge >= 0.3 is 7.12 Å². The van der Waals surface area contributed by atoms with Crippen molar-refractivity contribution in [1.82, 2.24) is 0 Å². The Bertz CT molecular complexity index is 566. The second-order valence-corrected chi connectivity index (χ2v) is 8.12. The van der Waals surface area contributed by atoms with Crippen molar-refractivity contribution in [3.05, 3.63) is 24.0 Å². The van der Waals surface area contributed by atoms with Crippen LogP contribution in [0.2, 0.25) is 0 Å². The summed E-state index contributed by atoms with van der Waals surface area (Å²) in [7, 11) is -0.567. The minimum atomic E-state index is -0.567. The van der Waals surface area contributed by atoms with Gasteiger partial charge in [-0.25, -0.2) is 4.39 Å². The molecule has 1 saturated carbocycles. The van der Waals surface area contributed by atoms with Crippen LogP contribution in [0, 0.1) is 11.7 Å². The standard InChI is InChI=1S/C19H28BFO3/c1-18(2)19(3,4)24-20(23-18)15-10-16(21)12-17(11-15)22-13-14-8-6-5-7-9-14/h10-12,14H,5-9,13H2,1-4H3. The van der Waals surface area contributed by atoms with E-state index in [-0.39, 0.29) is 5.82 Å². The molecule has 3 nitrogen and oxygen atoms in total. The van der Waals surface area contributed by atoms with Crippen molar-refractivity contribution in [3.63, 3.8) is 0 Å². The Morgan fingerprint density at radius 3 is 2.29 bits per heavy atom. The van der Waals surface area contributed by atoms with Crippen molar-refractivity contribution in [1.29, 1.82) is 0 Å². The molecule has 1 aromatic rings. The fourth-order valence-corrected chi connectivity index (χ4v) is 3.35. The van der Waals surface area contributed by atoms with Crippen molar-refractivity contribution in [2.45, 2.75) is 71.0 Å². The number of rotatable bonds is 4. The largest absolute Gasteiger partial charge is 0.495 e. The second-order valence-electron chi connectivity index (χ2n) is 8.12. The third-order valence-corrected chi connectivity index (χ3v) is 5.63. The SMILES string of the molecule is CC1(C)OB(c2cc(F)cc(OCC3CCCCC3)c2)OC1(C)C. The first-order chi connectivity index (χ1) is 11.3. The summed E-state index contributed by atoms with van der Waals surface area (Å²) in [5, 5.41) is 0. The number of halogens is 1.